The van der Waals surface area contributed by atoms with Gasteiger partial charge in [0, 0.05) is 11.1 Å². The Morgan fingerprint density at radius 2 is 2.08 bits per heavy atom. The van der Waals surface area contributed by atoms with Crippen molar-refractivity contribution >= 4 is 23.4 Å². The molecule has 0 unspecified atom stereocenters. The molecule has 0 amide bonds. The highest BCUT2D eigenvalue weighted by Gasteiger charge is 2.31. The molecule has 0 saturated heterocycles. The summed E-state index contributed by atoms with van der Waals surface area (Å²) in [6.07, 6.45) is -1.99. The maximum atomic E-state index is 12.1. The lowest BCUT2D eigenvalue weighted by Crippen LogP contribution is -2.05. The molecular weight excluding hydrogens is 223 g/mol. The van der Waals surface area contributed by atoms with E-state index in [0.717, 1.165) is 24.0 Å². The zero-order chi connectivity index (χ0) is 10.1. The Balaban J connectivity index is 3.14. The zero-order valence-corrected chi connectivity index (χ0v) is 8.09. The van der Waals surface area contributed by atoms with E-state index < -0.39 is 11.7 Å². The highest BCUT2D eigenvalue weighted by atomic mass is 35.5. The Bertz CT molecular complexity index is 313. The molecule has 6 heteroatoms. The van der Waals surface area contributed by atoms with Crippen LogP contribution in [0.1, 0.15) is 5.56 Å². The first-order valence-corrected chi connectivity index (χ1v) is 4.82. The Morgan fingerprint density at radius 3 is 2.54 bits per heavy atom. The maximum absolute atomic E-state index is 12.1. The van der Waals surface area contributed by atoms with Crippen LogP contribution in [0.15, 0.2) is 17.2 Å². The van der Waals surface area contributed by atoms with Crippen LogP contribution in [0.5, 0.6) is 0 Å². The third kappa shape index (κ3) is 2.51. The molecule has 0 fully saturated rings. The van der Waals surface area contributed by atoms with Crippen LogP contribution in [0.4, 0.5) is 13.2 Å². The van der Waals surface area contributed by atoms with Crippen LogP contribution in [0, 0.1) is 0 Å². The van der Waals surface area contributed by atoms with Gasteiger partial charge >= 0.3 is 6.18 Å². The highest BCUT2D eigenvalue weighted by Crippen LogP contribution is 2.33. The molecular formula is C7H5ClF3NS. The lowest BCUT2D eigenvalue weighted by atomic mass is 10.3. The first-order valence-electron chi connectivity index (χ1n) is 3.22. The van der Waals surface area contributed by atoms with Gasteiger partial charge < -0.3 is 0 Å². The molecule has 0 aliphatic carbocycles. The van der Waals surface area contributed by atoms with Crippen LogP contribution in [-0.2, 0) is 6.18 Å². The predicted molar refractivity (Wildman–Crippen MR) is 46.0 cm³/mol. The van der Waals surface area contributed by atoms with Crippen molar-refractivity contribution in [2.45, 2.75) is 11.1 Å². The van der Waals surface area contributed by atoms with Gasteiger partial charge in [0.25, 0.3) is 0 Å². The third-order valence-corrected chi connectivity index (χ3v) is 2.52. The molecule has 1 aromatic heterocycles. The second kappa shape index (κ2) is 3.75. The summed E-state index contributed by atoms with van der Waals surface area (Å²) in [5, 5.41) is 0.0977. The molecule has 0 radical (unpaired) electrons. The summed E-state index contributed by atoms with van der Waals surface area (Å²) >= 11 is 6.68. The van der Waals surface area contributed by atoms with Gasteiger partial charge in [0.15, 0.2) is 0 Å². The van der Waals surface area contributed by atoms with Crippen LogP contribution in [0.25, 0.3) is 0 Å². The number of alkyl halides is 3. The second-order valence-electron chi connectivity index (χ2n) is 2.21. The van der Waals surface area contributed by atoms with Crippen molar-refractivity contribution in [3.8, 4) is 0 Å². The number of nitrogens with zero attached hydrogens (tertiary/aromatic N) is 1. The second-order valence-corrected chi connectivity index (χ2v) is 3.42. The van der Waals surface area contributed by atoms with Crippen molar-refractivity contribution in [2.24, 2.45) is 0 Å². The number of hydrogen-bond donors (Lipinski definition) is 0. The fraction of sp³-hybridized carbons (Fsp3) is 0.286. The van der Waals surface area contributed by atoms with Gasteiger partial charge in [0.2, 0.25) is 0 Å². The van der Waals surface area contributed by atoms with Crippen LogP contribution >= 0.6 is 23.4 Å². The standard InChI is InChI=1S/C7H5ClF3NS/c1-13-5-2-4(7(9,10)11)3-12-6(5)8/h2-3H,1H3. The molecule has 0 bridgehead atoms. The number of aromatic nitrogens is 1. The smallest absolute Gasteiger partial charge is 0.243 e. The molecule has 0 atom stereocenters. The summed E-state index contributed by atoms with van der Waals surface area (Å²) in [4.78, 5) is 3.77. The summed E-state index contributed by atoms with van der Waals surface area (Å²) in [7, 11) is 0. The molecule has 0 N–H and O–H groups in total. The Labute approximate surface area is 82.3 Å². The first kappa shape index (κ1) is 10.7. The summed E-state index contributed by atoms with van der Waals surface area (Å²) in [5.74, 6) is 0. The van der Waals surface area contributed by atoms with Gasteiger partial charge in [-0.15, -0.1) is 11.8 Å². The van der Waals surface area contributed by atoms with Crippen molar-refractivity contribution in [2.75, 3.05) is 6.26 Å². The fourth-order valence-electron chi connectivity index (χ4n) is 0.726. The molecule has 13 heavy (non-hydrogen) atoms. The Morgan fingerprint density at radius 1 is 1.46 bits per heavy atom. The van der Waals surface area contributed by atoms with Crippen molar-refractivity contribution < 1.29 is 13.2 Å². The third-order valence-electron chi connectivity index (χ3n) is 1.35. The molecule has 1 nitrogen and oxygen atoms in total. The summed E-state index contributed by atoms with van der Waals surface area (Å²) in [5.41, 5.74) is -0.777. The molecule has 0 aromatic carbocycles. The molecule has 0 aliphatic rings. The molecule has 1 heterocycles. The predicted octanol–water partition coefficient (Wildman–Crippen LogP) is 3.48. The number of rotatable bonds is 1. The normalized spacial score (nSPS) is 11.8. The summed E-state index contributed by atoms with van der Waals surface area (Å²) in [6.45, 7) is 0. The van der Waals surface area contributed by atoms with E-state index in [9.17, 15) is 13.2 Å². The van der Waals surface area contributed by atoms with Gasteiger partial charge in [-0.1, -0.05) is 11.6 Å². The van der Waals surface area contributed by atoms with Crippen molar-refractivity contribution in [3.63, 3.8) is 0 Å². The quantitative estimate of drug-likeness (QED) is 0.538. The van der Waals surface area contributed by atoms with Crippen molar-refractivity contribution in [1.29, 1.82) is 0 Å². The topological polar surface area (TPSA) is 12.9 Å². The van der Waals surface area contributed by atoms with Gasteiger partial charge in [0.05, 0.1) is 5.56 Å². The average Bonchev–Trinajstić information content (AvgIpc) is 2.03. The Kier molecular flexibility index (Phi) is 3.08. The first-order chi connectivity index (χ1) is 5.95. The van der Waals surface area contributed by atoms with Crippen LogP contribution in [-0.4, -0.2) is 11.2 Å². The number of pyridine rings is 1. The highest BCUT2D eigenvalue weighted by molar-refractivity contribution is 7.98. The summed E-state index contributed by atoms with van der Waals surface area (Å²) < 4.78 is 36.4. The fourth-order valence-corrected chi connectivity index (χ4v) is 1.53. The molecule has 1 aromatic rings. The van der Waals surface area contributed by atoms with E-state index in [4.69, 9.17) is 11.6 Å². The Hall–Kier alpha value is -0.420. The minimum absolute atomic E-state index is 0.0977. The number of hydrogen-bond acceptors (Lipinski definition) is 2. The van der Waals surface area contributed by atoms with E-state index in [1.54, 1.807) is 6.26 Å². The van der Waals surface area contributed by atoms with E-state index >= 15 is 0 Å². The van der Waals surface area contributed by atoms with E-state index in [-0.39, 0.29) is 5.15 Å². The number of thioether (sulfide) groups is 1. The van der Waals surface area contributed by atoms with Gasteiger partial charge in [-0.3, -0.25) is 0 Å². The molecule has 1 rings (SSSR count). The maximum Gasteiger partial charge on any atom is 0.417 e. The minimum Gasteiger partial charge on any atom is -0.243 e. The largest absolute Gasteiger partial charge is 0.417 e. The molecule has 0 spiro atoms. The molecule has 72 valence electrons. The van der Waals surface area contributed by atoms with E-state index in [2.05, 4.69) is 4.98 Å². The summed E-state index contributed by atoms with van der Waals surface area (Å²) in [6, 6.07) is 0.986. The van der Waals surface area contributed by atoms with Gasteiger partial charge in [-0.2, -0.15) is 13.2 Å². The lowest BCUT2D eigenvalue weighted by Gasteiger charge is -2.07. The SMILES string of the molecule is CSc1cc(C(F)(F)F)cnc1Cl. The molecule has 0 saturated carbocycles. The van der Waals surface area contributed by atoms with Crippen molar-refractivity contribution in [1.82, 2.24) is 4.98 Å². The van der Waals surface area contributed by atoms with Crippen LogP contribution in [0.2, 0.25) is 5.15 Å². The molecule has 0 aliphatic heterocycles. The average molecular weight is 228 g/mol. The van der Waals surface area contributed by atoms with Gasteiger partial charge in [-0.25, -0.2) is 4.98 Å². The number of halogens is 4. The zero-order valence-electron chi connectivity index (χ0n) is 6.52. The van der Waals surface area contributed by atoms with Crippen molar-refractivity contribution in [3.05, 3.63) is 23.0 Å². The van der Waals surface area contributed by atoms with E-state index in [1.165, 1.54) is 0 Å². The van der Waals surface area contributed by atoms with Gasteiger partial charge in [0.1, 0.15) is 5.15 Å². The van der Waals surface area contributed by atoms with Crippen LogP contribution in [0.3, 0.4) is 0 Å². The lowest BCUT2D eigenvalue weighted by molar-refractivity contribution is -0.138. The van der Waals surface area contributed by atoms with Gasteiger partial charge in [-0.05, 0) is 12.3 Å². The monoisotopic (exact) mass is 227 g/mol. The minimum atomic E-state index is -4.36. The van der Waals surface area contributed by atoms with E-state index in [1.807, 2.05) is 0 Å². The van der Waals surface area contributed by atoms with E-state index in [0.29, 0.717) is 4.90 Å². The van der Waals surface area contributed by atoms with Crippen LogP contribution < -0.4 is 0 Å².